The van der Waals surface area contributed by atoms with Crippen LogP contribution in [0.4, 0.5) is 0 Å². The molecule has 5 nitrogen and oxygen atoms in total. The van der Waals surface area contributed by atoms with E-state index >= 15 is 0 Å². The summed E-state index contributed by atoms with van der Waals surface area (Å²) < 4.78 is 6.98. The fourth-order valence-electron chi connectivity index (χ4n) is 1.99. The number of nitrogens with zero attached hydrogens (tertiary/aromatic N) is 2. The molecule has 0 radical (unpaired) electrons. The van der Waals surface area contributed by atoms with E-state index in [2.05, 4.69) is 5.10 Å². The molecule has 16 heavy (non-hydrogen) atoms. The van der Waals surface area contributed by atoms with E-state index in [1.165, 1.54) is 0 Å². The van der Waals surface area contributed by atoms with E-state index in [4.69, 9.17) is 10.5 Å². The van der Waals surface area contributed by atoms with Crippen LogP contribution in [-0.4, -0.2) is 34.8 Å². The number of nitrogens with two attached hydrogens (primary N) is 1. The molecule has 0 spiro atoms. The maximum absolute atomic E-state index is 12.4. The molecule has 1 saturated heterocycles. The van der Waals surface area contributed by atoms with Crippen LogP contribution in [0.2, 0.25) is 0 Å². The molecule has 5 heteroatoms. The number of carbonyl (C=O) groups is 1. The predicted molar refractivity (Wildman–Crippen MR) is 59.1 cm³/mol. The van der Waals surface area contributed by atoms with Crippen molar-refractivity contribution >= 4 is 5.78 Å². The number of ether oxygens (including phenoxy) is 1. The quantitative estimate of drug-likeness (QED) is 0.755. The summed E-state index contributed by atoms with van der Waals surface area (Å²) in [6.07, 6.45) is 1.64. The fourth-order valence-corrected chi connectivity index (χ4v) is 1.99. The van der Waals surface area contributed by atoms with E-state index < -0.39 is 5.41 Å². The average Bonchev–Trinajstić information content (AvgIpc) is 2.86. The van der Waals surface area contributed by atoms with Crippen LogP contribution >= 0.6 is 0 Å². The van der Waals surface area contributed by atoms with Gasteiger partial charge in [-0.25, -0.2) is 0 Å². The lowest BCUT2D eigenvalue weighted by Gasteiger charge is -2.25. The molecule has 1 aliphatic heterocycles. The number of aryl methyl sites for hydroxylation is 1. The van der Waals surface area contributed by atoms with Crippen LogP contribution < -0.4 is 5.73 Å². The van der Waals surface area contributed by atoms with Crippen molar-refractivity contribution < 1.29 is 9.53 Å². The monoisotopic (exact) mass is 223 g/mol. The van der Waals surface area contributed by atoms with Gasteiger partial charge in [-0.3, -0.25) is 9.48 Å². The van der Waals surface area contributed by atoms with Crippen molar-refractivity contribution in [2.45, 2.75) is 26.4 Å². The lowest BCUT2D eigenvalue weighted by Crippen LogP contribution is -2.45. The molecule has 2 heterocycles. The van der Waals surface area contributed by atoms with Crippen molar-refractivity contribution in [2.75, 3.05) is 13.2 Å². The van der Waals surface area contributed by atoms with Crippen molar-refractivity contribution in [1.82, 2.24) is 9.78 Å². The largest absolute Gasteiger partial charge is 0.379 e. The molecule has 1 fully saturated rings. The van der Waals surface area contributed by atoms with Crippen LogP contribution in [0.5, 0.6) is 0 Å². The van der Waals surface area contributed by atoms with E-state index in [-0.39, 0.29) is 11.8 Å². The third-order valence-electron chi connectivity index (χ3n) is 3.29. The van der Waals surface area contributed by atoms with E-state index in [0.29, 0.717) is 25.5 Å². The molecule has 2 atom stereocenters. The number of aromatic nitrogens is 2. The maximum Gasteiger partial charge on any atom is 0.190 e. The standard InChI is InChI=1S/C11H17N3O2/c1-3-14-8(4-5-13-14)10(15)11(2)7-16-6-9(11)12/h4-5,9H,3,6-7,12H2,1-2H3. The molecule has 1 aliphatic rings. The second kappa shape index (κ2) is 3.99. The van der Waals surface area contributed by atoms with Crippen LogP contribution in [0.1, 0.15) is 24.3 Å². The van der Waals surface area contributed by atoms with Crippen molar-refractivity contribution in [3.8, 4) is 0 Å². The third kappa shape index (κ3) is 1.56. The van der Waals surface area contributed by atoms with Gasteiger partial charge in [-0.15, -0.1) is 0 Å². The zero-order valence-corrected chi connectivity index (χ0v) is 9.64. The van der Waals surface area contributed by atoms with Gasteiger partial charge >= 0.3 is 0 Å². The van der Waals surface area contributed by atoms with Gasteiger partial charge < -0.3 is 10.5 Å². The third-order valence-corrected chi connectivity index (χ3v) is 3.29. The Kier molecular flexibility index (Phi) is 2.82. The van der Waals surface area contributed by atoms with E-state index in [1.807, 2.05) is 13.8 Å². The van der Waals surface area contributed by atoms with Crippen molar-refractivity contribution in [1.29, 1.82) is 0 Å². The lowest BCUT2D eigenvalue weighted by molar-refractivity contribution is 0.0756. The Morgan fingerprint density at radius 3 is 3.12 bits per heavy atom. The molecular weight excluding hydrogens is 206 g/mol. The second-order valence-electron chi connectivity index (χ2n) is 4.40. The summed E-state index contributed by atoms with van der Waals surface area (Å²) in [5.41, 5.74) is 5.93. The summed E-state index contributed by atoms with van der Waals surface area (Å²) >= 11 is 0. The van der Waals surface area contributed by atoms with E-state index in [0.717, 1.165) is 0 Å². The molecule has 1 aromatic heterocycles. The zero-order valence-electron chi connectivity index (χ0n) is 9.64. The van der Waals surface area contributed by atoms with Crippen molar-refractivity contribution in [3.63, 3.8) is 0 Å². The Hall–Kier alpha value is -1.20. The van der Waals surface area contributed by atoms with Gasteiger partial charge in [-0.2, -0.15) is 5.10 Å². The highest BCUT2D eigenvalue weighted by Crippen LogP contribution is 2.31. The SMILES string of the molecule is CCn1nccc1C(=O)C1(C)COCC1N. The molecule has 0 saturated carbocycles. The van der Waals surface area contributed by atoms with Gasteiger partial charge in [-0.05, 0) is 19.9 Å². The van der Waals surface area contributed by atoms with Crippen LogP contribution in [0.15, 0.2) is 12.3 Å². The average molecular weight is 223 g/mol. The van der Waals surface area contributed by atoms with Crippen LogP contribution in [0, 0.1) is 5.41 Å². The molecular formula is C11H17N3O2. The van der Waals surface area contributed by atoms with Crippen LogP contribution in [-0.2, 0) is 11.3 Å². The molecule has 0 amide bonds. The number of rotatable bonds is 3. The van der Waals surface area contributed by atoms with Crippen LogP contribution in [0.25, 0.3) is 0 Å². The molecule has 1 aromatic rings. The Morgan fingerprint density at radius 1 is 1.81 bits per heavy atom. The summed E-state index contributed by atoms with van der Waals surface area (Å²) in [5.74, 6) is 0.0249. The summed E-state index contributed by atoms with van der Waals surface area (Å²) in [5, 5.41) is 4.10. The van der Waals surface area contributed by atoms with Gasteiger partial charge in [0.25, 0.3) is 0 Å². The summed E-state index contributed by atoms with van der Waals surface area (Å²) in [6.45, 7) is 5.34. The Balaban J connectivity index is 2.32. The number of ketones is 1. The molecule has 2 N–H and O–H groups in total. The highest BCUT2D eigenvalue weighted by Gasteiger charge is 2.45. The van der Waals surface area contributed by atoms with Gasteiger partial charge in [0.15, 0.2) is 5.78 Å². The van der Waals surface area contributed by atoms with Gasteiger partial charge in [-0.1, -0.05) is 0 Å². The van der Waals surface area contributed by atoms with Gasteiger partial charge in [0.2, 0.25) is 0 Å². The highest BCUT2D eigenvalue weighted by molar-refractivity contribution is 5.99. The first kappa shape index (κ1) is 11.3. The highest BCUT2D eigenvalue weighted by atomic mass is 16.5. The Morgan fingerprint density at radius 2 is 2.56 bits per heavy atom. The van der Waals surface area contributed by atoms with Gasteiger partial charge in [0.1, 0.15) is 5.69 Å². The van der Waals surface area contributed by atoms with E-state index in [9.17, 15) is 4.79 Å². The molecule has 88 valence electrons. The summed E-state index contributed by atoms with van der Waals surface area (Å²) in [6, 6.07) is 1.50. The number of Topliss-reactive ketones (excluding diaryl/α,β-unsaturated/α-hetero) is 1. The normalized spacial score (nSPS) is 29.6. The Bertz CT molecular complexity index is 402. The summed E-state index contributed by atoms with van der Waals surface area (Å²) in [7, 11) is 0. The van der Waals surface area contributed by atoms with Crippen LogP contribution in [0.3, 0.4) is 0 Å². The molecule has 2 rings (SSSR count). The maximum atomic E-state index is 12.4. The lowest BCUT2D eigenvalue weighted by atomic mass is 9.80. The predicted octanol–water partition coefficient (Wildman–Crippen LogP) is 0.450. The van der Waals surface area contributed by atoms with E-state index in [1.54, 1.807) is 16.9 Å². The number of hydrogen-bond acceptors (Lipinski definition) is 4. The Labute approximate surface area is 94.6 Å². The first-order valence-corrected chi connectivity index (χ1v) is 5.49. The fraction of sp³-hybridized carbons (Fsp3) is 0.636. The molecule has 0 aromatic carbocycles. The smallest absolute Gasteiger partial charge is 0.190 e. The molecule has 0 bridgehead atoms. The minimum absolute atomic E-state index is 0.0249. The molecule has 2 unspecified atom stereocenters. The zero-order chi connectivity index (χ0) is 11.8. The number of hydrogen-bond donors (Lipinski definition) is 1. The summed E-state index contributed by atoms with van der Waals surface area (Å²) in [4.78, 5) is 12.4. The minimum Gasteiger partial charge on any atom is -0.379 e. The topological polar surface area (TPSA) is 70.1 Å². The first-order chi connectivity index (χ1) is 7.59. The van der Waals surface area contributed by atoms with Crippen molar-refractivity contribution in [2.24, 2.45) is 11.1 Å². The van der Waals surface area contributed by atoms with Gasteiger partial charge in [0, 0.05) is 18.8 Å². The minimum atomic E-state index is -0.618. The first-order valence-electron chi connectivity index (χ1n) is 5.49. The second-order valence-corrected chi connectivity index (χ2v) is 4.40. The van der Waals surface area contributed by atoms with Gasteiger partial charge in [0.05, 0.1) is 18.6 Å². The number of carbonyl (C=O) groups excluding carboxylic acids is 1. The van der Waals surface area contributed by atoms with Crippen molar-refractivity contribution in [3.05, 3.63) is 18.0 Å². The molecule has 0 aliphatic carbocycles.